The molecule has 0 amide bonds. The van der Waals surface area contributed by atoms with Crippen LogP contribution in [-0.4, -0.2) is 10.2 Å². The fourth-order valence-electron chi connectivity index (χ4n) is 1.61. The molecule has 0 unspecified atom stereocenters. The SMILES string of the molecule is CC(C)(C)c1nnc(Br)c(C2CC2)c1F. The van der Waals surface area contributed by atoms with E-state index in [1.165, 1.54) is 0 Å². The van der Waals surface area contributed by atoms with Gasteiger partial charge in [-0.05, 0) is 34.7 Å². The number of hydrogen-bond acceptors (Lipinski definition) is 2. The van der Waals surface area contributed by atoms with Gasteiger partial charge in [-0.1, -0.05) is 20.8 Å². The molecule has 0 N–H and O–H groups in total. The summed E-state index contributed by atoms with van der Waals surface area (Å²) in [5.41, 5.74) is 0.893. The van der Waals surface area contributed by atoms with Crippen molar-refractivity contribution < 1.29 is 4.39 Å². The predicted molar refractivity (Wildman–Crippen MR) is 60.4 cm³/mol. The zero-order valence-corrected chi connectivity index (χ0v) is 10.7. The first-order valence-electron chi connectivity index (χ1n) is 5.13. The van der Waals surface area contributed by atoms with E-state index in [1.807, 2.05) is 20.8 Å². The van der Waals surface area contributed by atoms with Crippen molar-refractivity contribution in [2.75, 3.05) is 0 Å². The Balaban J connectivity index is 2.55. The lowest BCUT2D eigenvalue weighted by Crippen LogP contribution is -2.18. The molecule has 0 aliphatic heterocycles. The first kappa shape index (κ1) is 11.0. The Morgan fingerprint density at radius 1 is 1.27 bits per heavy atom. The van der Waals surface area contributed by atoms with Crippen molar-refractivity contribution in [1.82, 2.24) is 10.2 Å². The van der Waals surface area contributed by atoms with Crippen LogP contribution in [0.25, 0.3) is 0 Å². The second kappa shape index (κ2) is 3.51. The number of aromatic nitrogens is 2. The van der Waals surface area contributed by atoms with Crippen molar-refractivity contribution >= 4 is 15.9 Å². The lowest BCUT2D eigenvalue weighted by molar-refractivity contribution is 0.483. The van der Waals surface area contributed by atoms with Gasteiger partial charge in [-0.25, -0.2) is 4.39 Å². The average Bonchev–Trinajstić information content (AvgIpc) is 2.85. The predicted octanol–water partition coefficient (Wildman–Crippen LogP) is 3.55. The maximum absolute atomic E-state index is 14.2. The standard InChI is InChI=1S/C11H14BrFN2/c1-11(2,3)9-8(13)7(6-4-5-6)10(12)15-14-9/h6H,4-5H2,1-3H3. The smallest absolute Gasteiger partial charge is 0.153 e. The molecule has 1 heterocycles. The van der Waals surface area contributed by atoms with Crippen molar-refractivity contribution in [2.45, 2.75) is 44.9 Å². The van der Waals surface area contributed by atoms with E-state index in [2.05, 4.69) is 26.1 Å². The molecule has 1 aromatic rings. The minimum Gasteiger partial charge on any atom is -0.204 e. The van der Waals surface area contributed by atoms with Gasteiger partial charge in [-0.15, -0.1) is 5.10 Å². The Hall–Kier alpha value is -0.510. The molecule has 1 fully saturated rings. The number of nitrogens with zero attached hydrogens (tertiary/aromatic N) is 2. The van der Waals surface area contributed by atoms with Gasteiger partial charge in [-0.3, -0.25) is 0 Å². The second-order valence-corrected chi connectivity index (χ2v) is 5.84. The van der Waals surface area contributed by atoms with E-state index >= 15 is 0 Å². The molecule has 0 bridgehead atoms. The summed E-state index contributed by atoms with van der Waals surface area (Å²) in [6.07, 6.45) is 2.12. The fraction of sp³-hybridized carbons (Fsp3) is 0.636. The quantitative estimate of drug-likeness (QED) is 0.782. The van der Waals surface area contributed by atoms with Gasteiger partial charge in [0.15, 0.2) is 5.82 Å². The van der Waals surface area contributed by atoms with Crippen LogP contribution in [0.5, 0.6) is 0 Å². The molecule has 15 heavy (non-hydrogen) atoms. The summed E-state index contributed by atoms with van der Waals surface area (Å²) in [5, 5.41) is 7.94. The summed E-state index contributed by atoms with van der Waals surface area (Å²) in [6.45, 7) is 5.85. The van der Waals surface area contributed by atoms with E-state index < -0.39 is 0 Å². The largest absolute Gasteiger partial charge is 0.204 e. The molecule has 0 radical (unpaired) electrons. The molecule has 0 aromatic carbocycles. The van der Waals surface area contributed by atoms with Gasteiger partial charge in [0, 0.05) is 11.0 Å². The molecule has 82 valence electrons. The summed E-state index contributed by atoms with van der Waals surface area (Å²) in [7, 11) is 0. The summed E-state index contributed by atoms with van der Waals surface area (Å²) in [4.78, 5) is 0. The Morgan fingerprint density at radius 2 is 1.87 bits per heavy atom. The van der Waals surface area contributed by atoms with Gasteiger partial charge >= 0.3 is 0 Å². The summed E-state index contributed by atoms with van der Waals surface area (Å²) < 4.78 is 14.8. The molecule has 0 atom stereocenters. The molecule has 1 aliphatic rings. The molecule has 4 heteroatoms. The number of hydrogen-bond donors (Lipinski definition) is 0. The van der Waals surface area contributed by atoms with E-state index in [1.54, 1.807) is 0 Å². The van der Waals surface area contributed by atoms with Crippen LogP contribution in [0.2, 0.25) is 0 Å². The van der Waals surface area contributed by atoms with Crippen molar-refractivity contribution in [2.24, 2.45) is 0 Å². The molecule has 0 spiro atoms. The maximum atomic E-state index is 14.2. The van der Waals surface area contributed by atoms with Gasteiger partial charge in [0.05, 0.1) is 0 Å². The van der Waals surface area contributed by atoms with Crippen LogP contribution in [0, 0.1) is 5.82 Å². The number of halogens is 2. The molecule has 2 rings (SSSR count). The third kappa shape index (κ3) is 2.05. The highest BCUT2D eigenvalue weighted by molar-refractivity contribution is 9.10. The van der Waals surface area contributed by atoms with E-state index in [9.17, 15) is 4.39 Å². The molecule has 0 saturated heterocycles. The van der Waals surface area contributed by atoms with Crippen molar-refractivity contribution in [1.29, 1.82) is 0 Å². The molecular formula is C11H14BrFN2. The Labute approximate surface area is 97.4 Å². The zero-order chi connectivity index (χ0) is 11.2. The highest BCUT2D eigenvalue weighted by atomic mass is 79.9. The second-order valence-electron chi connectivity index (χ2n) is 5.09. The van der Waals surface area contributed by atoms with Gasteiger partial charge in [-0.2, -0.15) is 5.10 Å². The number of rotatable bonds is 1. The average molecular weight is 273 g/mol. The van der Waals surface area contributed by atoms with Crippen LogP contribution in [0.15, 0.2) is 4.60 Å². The Bertz CT molecular complexity index is 394. The van der Waals surface area contributed by atoms with E-state index in [0.717, 1.165) is 18.4 Å². The van der Waals surface area contributed by atoms with Gasteiger partial charge in [0.2, 0.25) is 0 Å². The summed E-state index contributed by atoms with van der Waals surface area (Å²) >= 11 is 3.27. The lowest BCUT2D eigenvalue weighted by Gasteiger charge is -2.19. The van der Waals surface area contributed by atoms with E-state index in [4.69, 9.17) is 0 Å². The first-order valence-corrected chi connectivity index (χ1v) is 5.92. The van der Waals surface area contributed by atoms with Gasteiger partial charge < -0.3 is 0 Å². The first-order chi connectivity index (χ1) is 6.91. The van der Waals surface area contributed by atoms with E-state index in [-0.39, 0.29) is 11.2 Å². The van der Waals surface area contributed by atoms with Crippen molar-refractivity contribution in [3.05, 3.63) is 21.7 Å². The molecule has 1 saturated carbocycles. The van der Waals surface area contributed by atoms with Crippen LogP contribution >= 0.6 is 15.9 Å². The van der Waals surface area contributed by atoms with Crippen LogP contribution in [0.4, 0.5) is 4.39 Å². The summed E-state index contributed by atoms with van der Waals surface area (Å²) in [5.74, 6) is 0.169. The molecule has 1 aliphatic carbocycles. The molecule has 1 aromatic heterocycles. The maximum Gasteiger partial charge on any atom is 0.153 e. The summed E-state index contributed by atoms with van der Waals surface area (Å²) in [6, 6.07) is 0. The topological polar surface area (TPSA) is 25.8 Å². The zero-order valence-electron chi connectivity index (χ0n) is 9.14. The van der Waals surface area contributed by atoms with Crippen molar-refractivity contribution in [3.8, 4) is 0 Å². The fourth-order valence-corrected chi connectivity index (χ4v) is 2.19. The van der Waals surface area contributed by atoms with Crippen LogP contribution in [0.1, 0.15) is 50.8 Å². The van der Waals surface area contributed by atoms with Crippen LogP contribution in [-0.2, 0) is 5.41 Å². The minimum atomic E-state index is -0.290. The Kier molecular flexibility index (Phi) is 2.57. The highest BCUT2D eigenvalue weighted by Crippen LogP contribution is 2.45. The van der Waals surface area contributed by atoms with Gasteiger partial charge in [0.1, 0.15) is 10.3 Å². The van der Waals surface area contributed by atoms with E-state index in [0.29, 0.717) is 16.2 Å². The highest BCUT2D eigenvalue weighted by Gasteiger charge is 2.33. The third-order valence-electron chi connectivity index (χ3n) is 2.60. The molecule has 2 nitrogen and oxygen atoms in total. The van der Waals surface area contributed by atoms with Gasteiger partial charge in [0.25, 0.3) is 0 Å². The monoisotopic (exact) mass is 272 g/mol. The molecular weight excluding hydrogens is 259 g/mol. The van der Waals surface area contributed by atoms with Crippen LogP contribution in [0.3, 0.4) is 0 Å². The third-order valence-corrected chi connectivity index (χ3v) is 3.19. The Morgan fingerprint density at radius 3 is 2.33 bits per heavy atom. The normalized spacial score (nSPS) is 16.9. The lowest BCUT2D eigenvalue weighted by atomic mass is 9.90. The van der Waals surface area contributed by atoms with Crippen LogP contribution < -0.4 is 0 Å². The van der Waals surface area contributed by atoms with Crippen molar-refractivity contribution in [3.63, 3.8) is 0 Å². The minimum absolute atomic E-state index is 0.174.